The number of aromatic nitrogens is 1. The Hall–Kier alpha value is -1.44. The quantitative estimate of drug-likeness (QED) is 0.339. The summed E-state index contributed by atoms with van der Waals surface area (Å²) in [7, 11) is 0. The standard InChI is InChI=1S/C17H17BrClN3OS2.C2HF3O2/c18-14-15-17(25-16(14)10-8-23-4-3-11(10)20)12(6-13(19)22-15)21-7-9-2-1-5-24-9;3-2(4,5)1(6)7/h1-2,5-6,10-11H,3-4,7-8,20H2,(H,21,22);(H,6,7)/t10-,11-;/m1./s1. The molecule has 1 fully saturated rings. The maximum Gasteiger partial charge on any atom is 0.490 e. The summed E-state index contributed by atoms with van der Waals surface area (Å²) in [5.74, 6) is -2.57. The van der Waals surface area contributed by atoms with E-state index in [2.05, 4.69) is 43.7 Å². The molecule has 2 atom stereocenters. The maximum absolute atomic E-state index is 10.6. The SMILES string of the molecule is N[C@@H]1CCOC[C@H]1c1sc2c(NCc3cccs3)cc(Cl)nc2c1Br.O=C(O)C(F)(F)F. The fourth-order valence-electron chi connectivity index (χ4n) is 3.02. The number of halogens is 5. The van der Waals surface area contributed by atoms with Crippen molar-refractivity contribution < 1.29 is 27.8 Å². The average Bonchev–Trinajstić information content (AvgIpc) is 3.35. The molecule has 0 saturated carbocycles. The molecule has 0 aliphatic carbocycles. The van der Waals surface area contributed by atoms with Crippen LogP contribution in [0.15, 0.2) is 28.1 Å². The van der Waals surface area contributed by atoms with E-state index in [0.717, 1.165) is 39.9 Å². The van der Waals surface area contributed by atoms with Gasteiger partial charge in [-0.1, -0.05) is 17.7 Å². The summed E-state index contributed by atoms with van der Waals surface area (Å²) in [6.45, 7) is 2.15. The third-order valence-corrected chi connectivity index (χ3v) is 8.08. The number of carboxylic acid groups (broad SMARTS) is 1. The van der Waals surface area contributed by atoms with Crippen molar-refractivity contribution in [1.29, 1.82) is 0 Å². The molecule has 174 valence electrons. The Bertz CT molecular complexity index is 1080. The van der Waals surface area contributed by atoms with E-state index in [9.17, 15) is 13.2 Å². The number of ether oxygens (including phenoxy) is 1. The minimum Gasteiger partial charge on any atom is -0.475 e. The van der Waals surface area contributed by atoms with Gasteiger partial charge in [0.1, 0.15) is 5.15 Å². The van der Waals surface area contributed by atoms with Crippen LogP contribution in [0.25, 0.3) is 10.2 Å². The minimum absolute atomic E-state index is 0.108. The van der Waals surface area contributed by atoms with Crippen LogP contribution in [0, 0.1) is 0 Å². The zero-order chi connectivity index (χ0) is 23.5. The van der Waals surface area contributed by atoms with Crippen LogP contribution in [-0.2, 0) is 16.1 Å². The summed E-state index contributed by atoms with van der Waals surface area (Å²) >= 11 is 13.4. The van der Waals surface area contributed by atoms with Gasteiger partial charge in [-0.3, -0.25) is 0 Å². The Morgan fingerprint density at radius 3 is 2.78 bits per heavy atom. The summed E-state index contributed by atoms with van der Waals surface area (Å²) in [5.41, 5.74) is 8.23. The number of hydrogen-bond donors (Lipinski definition) is 3. The summed E-state index contributed by atoms with van der Waals surface area (Å²) in [6.07, 6.45) is -4.21. The Morgan fingerprint density at radius 1 is 1.47 bits per heavy atom. The van der Waals surface area contributed by atoms with Gasteiger partial charge >= 0.3 is 12.1 Å². The molecule has 4 heterocycles. The number of hydrogen-bond acceptors (Lipinski definition) is 7. The topological polar surface area (TPSA) is 97.5 Å². The zero-order valence-corrected chi connectivity index (χ0v) is 20.3. The molecule has 1 saturated heterocycles. The predicted molar refractivity (Wildman–Crippen MR) is 124 cm³/mol. The first kappa shape index (κ1) is 25.2. The minimum atomic E-state index is -5.08. The molecule has 6 nitrogen and oxygen atoms in total. The van der Waals surface area contributed by atoms with Crippen LogP contribution in [0.4, 0.5) is 18.9 Å². The molecule has 3 aromatic heterocycles. The number of nitrogens with two attached hydrogens (primary N) is 1. The number of anilines is 1. The highest BCUT2D eigenvalue weighted by Gasteiger charge is 2.38. The van der Waals surface area contributed by atoms with E-state index >= 15 is 0 Å². The molecule has 4 rings (SSSR count). The number of nitrogens with zero attached hydrogens (tertiary/aromatic N) is 1. The van der Waals surface area contributed by atoms with Crippen molar-refractivity contribution in [2.75, 3.05) is 18.5 Å². The van der Waals surface area contributed by atoms with Gasteiger partial charge in [-0.25, -0.2) is 9.78 Å². The van der Waals surface area contributed by atoms with Gasteiger partial charge in [-0.15, -0.1) is 22.7 Å². The fraction of sp³-hybridized carbons (Fsp3) is 0.368. The molecule has 0 bridgehead atoms. The Labute approximate surface area is 202 Å². The molecule has 3 aromatic rings. The Morgan fingerprint density at radius 2 is 2.19 bits per heavy atom. The van der Waals surface area contributed by atoms with Gasteiger partial charge in [-0.05, 0) is 33.8 Å². The number of fused-ring (bicyclic) bond motifs is 1. The van der Waals surface area contributed by atoms with E-state index in [1.54, 1.807) is 22.7 Å². The van der Waals surface area contributed by atoms with Crippen molar-refractivity contribution in [3.8, 4) is 0 Å². The van der Waals surface area contributed by atoms with E-state index in [-0.39, 0.29) is 12.0 Å². The van der Waals surface area contributed by atoms with Gasteiger partial charge in [0.05, 0.1) is 27.0 Å². The van der Waals surface area contributed by atoms with Crippen molar-refractivity contribution in [2.24, 2.45) is 5.73 Å². The van der Waals surface area contributed by atoms with E-state index in [1.165, 1.54) is 9.75 Å². The van der Waals surface area contributed by atoms with Crippen molar-refractivity contribution in [3.63, 3.8) is 0 Å². The molecule has 0 radical (unpaired) electrons. The number of alkyl halides is 3. The molecular formula is C19H18BrClF3N3O3S2. The van der Waals surface area contributed by atoms with Crippen LogP contribution in [0.5, 0.6) is 0 Å². The van der Waals surface area contributed by atoms with E-state index in [1.807, 2.05) is 6.07 Å². The molecule has 0 aromatic carbocycles. The summed E-state index contributed by atoms with van der Waals surface area (Å²) in [6, 6.07) is 6.17. The summed E-state index contributed by atoms with van der Waals surface area (Å²) < 4.78 is 39.5. The molecule has 4 N–H and O–H groups in total. The lowest BCUT2D eigenvalue weighted by atomic mass is 9.95. The number of rotatable bonds is 4. The van der Waals surface area contributed by atoms with Gasteiger partial charge < -0.3 is 20.9 Å². The lowest BCUT2D eigenvalue weighted by Gasteiger charge is -2.28. The molecular weight excluding hydrogens is 555 g/mol. The van der Waals surface area contributed by atoms with Crippen molar-refractivity contribution >= 4 is 72.1 Å². The second-order valence-electron chi connectivity index (χ2n) is 6.82. The third-order valence-electron chi connectivity index (χ3n) is 4.60. The molecule has 1 aliphatic rings. The van der Waals surface area contributed by atoms with Crippen LogP contribution in [0.1, 0.15) is 22.1 Å². The smallest absolute Gasteiger partial charge is 0.475 e. The summed E-state index contributed by atoms with van der Waals surface area (Å²) in [5, 5.41) is 13.2. The monoisotopic (exact) mass is 571 g/mol. The van der Waals surface area contributed by atoms with Gasteiger partial charge in [0, 0.05) is 40.9 Å². The third kappa shape index (κ3) is 6.12. The van der Waals surface area contributed by atoms with E-state index in [4.69, 9.17) is 32.0 Å². The molecule has 1 aliphatic heterocycles. The number of carboxylic acids is 1. The van der Waals surface area contributed by atoms with Crippen LogP contribution in [0.3, 0.4) is 0 Å². The first-order chi connectivity index (χ1) is 15.1. The summed E-state index contributed by atoms with van der Waals surface area (Å²) in [4.78, 5) is 15.9. The lowest BCUT2D eigenvalue weighted by molar-refractivity contribution is -0.192. The van der Waals surface area contributed by atoms with Crippen molar-refractivity contribution in [3.05, 3.63) is 43.0 Å². The first-order valence-corrected chi connectivity index (χ1v) is 12.1. The number of aliphatic carboxylic acids is 1. The highest BCUT2D eigenvalue weighted by Crippen LogP contribution is 2.44. The van der Waals surface area contributed by atoms with E-state index < -0.39 is 12.1 Å². The lowest BCUT2D eigenvalue weighted by Crippen LogP contribution is -2.36. The number of carbonyl (C=O) groups is 1. The number of nitrogens with one attached hydrogen (secondary N) is 1. The molecule has 0 unspecified atom stereocenters. The maximum atomic E-state index is 10.6. The molecule has 0 spiro atoms. The van der Waals surface area contributed by atoms with Crippen LogP contribution < -0.4 is 11.1 Å². The Balaban J connectivity index is 0.000000360. The number of pyridine rings is 1. The van der Waals surface area contributed by atoms with Crippen LogP contribution in [-0.4, -0.2) is 41.5 Å². The zero-order valence-electron chi connectivity index (χ0n) is 16.3. The number of thiophene rings is 2. The van der Waals surface area contributed by atoms with E-state index in [0.29, 0.717) is 11.8 Å². The van der Waals surface area contributed by atoms with Gasteiger partial charge in [-0.2, -0.15) is 13.2 Å². The molecule has 32 heavy (non-hydrogen) atoms. The van der Waals surface area contributed by atoms with Crippen molar-refractivity contribution in [2.45, 2.75) is 31.1 Å². The fourth-order valence-corrected chi connectivity index (χ4v) is 6.09. The molecule has 0 amide bonds. The van der Waals surface area contributed by atoms with Crippen molar-refractivity contribution in [1.82, 2.24) is 4.98 Å². The second kappa shape index (κ2) is 10.7. The van der Waals surface area contributed by atoms with Gasteiger partial charge in [0.15, 0.2) is 0 Å². The van der Waals surface area contributed by atoms with Gasteiger partial charge in [0.25, 0.3) is 0 Å². The normalized spacial score (nSPS) is 18.8. The highest BCUT2D eigenvalue weighted by atomic mass is 79.9. The van der Waals surface area contributed by atoms with Crippen LogP contribution >= 0.6 is 50.2 Å². The Kier molecular flexibility index (Phi) is 8.39. The largest absolute Gasteiger partial charge is 0.490 e. The highest BCUT2D eigenvalue weighted by molar-refractivity contribution is 9.10. The second-order valence-corrected chi connectivity index (χ2v) is 10.1. The predicted octanol–water partition coefficient (Wildman–Crippen LogP) is 5.85. The van der Waals surface area contributed by atoms with Crippen LogP contribution in [0.2, 0.25) is 5.15 Å². The van der Waals surface area contributed by atoms with Gasteiger partial charge in [0.2, 0.25) is 0 Å². The first-order valence-electron chi connectivity index (χ1n) is 9.26. The average molecular weight is 573 g/mol. The molecule has 13 heteroatoms.